The van der Waals surface area contributed by atoms with E-state index < -0.39 is 0 Å². The molecule has 112 valence electrons. The van der Waals surface area contributed by atoms with Crippen LogP contribution in [-0.2, 0) is 6.42 Å². The predicted molar refractivity (Wildman–Crippen MR) is 86.7 cm³/mol. The zero-order chi connectivity index (χ0) is 13.9. The van der Waals surface area contributed by atoms with Crippen molar-refractivity contribution in [2.24, 2.45) is 5.92 Å². The Balaban J connectivity index is 1.78. The third-order valence-electron chi connectivity index (χ3n) is 4.68. The van der Waals surface area contributed by atoms with E-state index in [9.17, 15) is 0 Å². The van der Waals surface area contributed by atoms with E-state index in [1.807, 2.05) is 11.3 Å². The molecule has 1 N–H and O–H groups in total. The molecule has 3 rings (SSSR count). The normalized spacial score (nSPS) is 27.2. The van der Waals surface area contributed by atoms with Crippen LogP contribution in [0.4, 0.5) is 5.13 Å². The van der Waals surface area contributed by atoms with Gasteiger partial charge in [-0.1, -0.05) is 25.2 Å². The molecule has 1 fully saturated rings. The third-order valence-corrected chi connectivity index (χ3v) is 5.95. The predicted octanol–water partition coefficient (Wildman–Crippen LogP) is 3.76. The Morgan fingerprint density at radius 3 is 3.00 bits per heavy atom. The van der Waals surface area contributed by atoms with Crippen molar-refractivity contribution >= 4 is 16.5 Å². The summed E-state index contributed by atoms with van der Waals surface area (Å²) < 4.78 is 0. The second kappa shape index (κ2) is 6.44. The van der Waals surface area contributed by atoms with Crippen LogP contribution in [0.2, 0.25) is 0 Å². The van der Waals surface area contributed by atoms with E-state index in [-0.39, 0.29) is 0 Å². The first-order valence-corrected chi connectivity index (χ1v) is 9.07. The van der Waals surface area contributed by atoms with Crippen LogP contribution in [0.3, 0.4) is 0 Å². The van der Waals surface area contributed by atoms with Crippen molar-refractivity contribution in [3.8, 4) is 0 Å². The molecule has 1 saturated heterocycles. The maximum atomic E-state index is 4.98. The number of thiazole rings is 1. The molecule has 2 aliphatic rings. The lowest BCUT2D eigenvalue weighted by Gasteiger charge is -2.21. The number of rotatable bonds is 3. The Bertz CT molecular complexity index is 443. The fourth-order valence-corrected chi connectivity index (χ4v) is 4.71. The number of hydrogen-bond donors (Lipinski definition) is 1. The first-order valence-electron chi connectivity index (χ1n) is 8.26. The fraction of sp³-hybridized carbons (Fsp3) is 0.812. The molecule has 1 aromatic heterocycles. The van der Waals surface area contributed by atoms with Crippen molar-refractivity contribution < 1.29 is 0 Å². The van der Waals surface area contributed by atoms with E-state index in [1.165, 1.54) is 67.3 Å². The van der Waals surface area contributed by atoms with E-state index >= 15 is 0 Å². The van der Waals surface area contributed by atoms with Crippen LogP contribution < -0.4 is 10.2 Å². The summed E-state index contributed by atoms with van der Waals surface area (Å²) in [6.07, 6.45) is 7.76. The molecule has 1 aliphatic carbocycles. The average molecular weight is 293 g/mol. The summed E-state index contributed by atoms with van der Waals surface area (Å²) in [6, 6.07) is 0.556. The molecule has 3 nitrogen and oxygen atoms in total. The second-order valence-corrected chi connectivity index (χ2v) is 7.34. The molecule has 0 amide bonds. The quantitative estimate of drug-likeness (QED) is 0.920. The Morgan fingerprint density at radius 1 is 1.25 bits per heavy atom. The van der Waals surface area contributed by atoms with Gasteiger partial charge in [-0.2, -0.15) is 0 Å². The number of aromatic nitrogens is 1. The summed E-state index contributed by atoms with van der Waals surface area (Å²) in [5, 5.41) is 4.91. The van der Waals surface area contributed by atoms with Crippen LogP contribution in [0.1, 0.15) is 62.6 Å². The molecule has 1 aromatic rings. The summed E-state index contributed by atoms with van der Waals surface area (Å²) >= 11 is 1.95. The van der Waals surface area contributed by atoms with Gasteiger partial charge in [-0.25, -0.2) is 4.98 Å². The molecule has 2 heterocycles. The SMILES string of the molecule is CCNC1CCCc2nc(N3CCCC(C)CC3)sc21. The van der Waals surface area contributed by atoms with Gasteiger partial charge in [0.2, 0.25) is 0 Å². The smallest absolute Gasteiger partial charge is 0.185 e. The standard InChI is InChI=1S/C16H27N3S/c1-3-17-13-7-4-8-14-15(13)20-16(18-14)19-10-5-6-12(2)9-11-19/h12-13,17H,3-11H2,1-2H3. The molecule has 0 spiro atoms. The van der Waals surface area contributed by atoms with Gasteiger partial charge in [0.05, 0.1) is 5.69 Å². The maximum absolute atomic E-state index is 4.98. The van der Waals surface area contributed by atoms with Crippen LogP contribution >= 0.6 is 11.3 Å². The number of nitrogens with zero attached hydrogens (tertiary/aromatic N) is 2. The molecule has 2 unspecified atom stereocenters. The van der Waals surface area contributed by atoms with Crippen LogP contribution in [0.5, 0.6) is 0 Å². The second-order valence-electron chi connectivity index (χ2n) is 6.33. The van der Waals surface area contributed by atoms with Gasteiger partial charge in [0.15, 0.2) is 5.13 Å². The Kier molecular flexibility index (Phi) is 4.61. The highest BCUT2D eigenvalue weighted by molar-refractivity contribution is 7.15. The van der Waals surface area contributed by atoms with Crippen molar-refractivity contribution in [1.82, 2.24) is 10.3 Å². The minimum absolute atomic E-state index is 0.556. The highest BCUT2D eigenvalue weighted by Gasteiger charge is 2.26. The van der Waals surface area contributed by atoms with Crippen LogP contribution in [-0.4, -0.2) is 24.6 Å². The lowest BCUT2D eigenvalue weighted by atomic mass is 9.98. The van der Waals surface area contributed by atoms with Gasteiger partial charge in [-0.3, -0.25) is 0 Å². The Hall–Kier alpha value is -0.610. The Labute approximate surface area is 126 Å². The first-order chi connectivity index (χ1) is 9.78. The molecule has 0 bridgehead atoms. The van der Waals surface area contributed by atoms with Crippen LogP contribution in [0.15, 0.2) is 0 Å². The summed E-state index contributed by atoms with van der Waals surface area (Å²) in [4.78, 5) is 9.03. The average Bonchev–Trinajstić information content (AvgIpc) is 2.76. The molecule has 0 radical (unpaired) electrons. The highest BCUT2D eigenvalue weighted by Crippen LogP contribution is 2.38. The van der Waals surface area contributed by atoms with Crippen molar-refractivity contribution in [2.45, 2.75) is 58.4 Å². The van der Waals surface area contributed by atoms with E-state index in [2.05, 4.69) is 24.1 Å². The summed E-state index contributed by atoms with van der Waals surface area (Å²) in [5.74, 6) is 0.879. The molecule has 2 atom stereocenters. The van der Waals surface area contributed by atoms with Crippen LogP contribution in [0, 0.1) is 5.92 Å². The van der Waals surface area contributed by atoms with E-state index in [0.717, 1.165) is 12.5 Å². The van der Waals surface area contributed by atoms with Crippen molar-refractivity contribution in [3.05, 3.63) is 10.6 Å². The van der Waals surface area contributed by atoms with Gasteiger partial charge in [-0.15, -0.1) is 0 Å². The third kappa shape index (κ3) is 3.01. The van der Waals surface area contributed by atoms with Gasteiger partial charge in [0, 0.05) is 24.0 Å². The lowest BCUT2D eigenvalue weighted by Crippen LogP contribution is -2.24. The van der Waals surface area contributed by atoms with Crippen LogP contribution in [0.25, 0.3) is 0 Å². The molecular formula is C16H27N3S. The number of hydrogen-bond acceptors (Lipinski definition) is 4. The van der Waals surface area contributed by atoms with E-state index in [4.69, 9.17) is 4.98 Å². The van der Waals surface area contributed by atoms with E-state index in [1.54, 1.807) is 0 Å². The molecule has 0 saturated carbocycles. The molecular weight excluding hydrogens is 266 g/mol. The molecule has 0 aromatic carbocycles. The zero-order valence-corrected chi connectivity index (χ0v) is 13.6. The van der Waals surface area contributed by atoms with Crippen molar-refractivity contribution in [1.29, 1.82) is 0 Å². The summed E-state index contributed by atoms with van der Waals surface area (Å²) in [5.41, 5.74) is 1.37. The zero-order valence-electron chi connectivity index (χ0n) is 12.8. The molecule has 20 heavy (non-hydrogen) atoms. The van der Waals surface area contributed by atoms with E-state index in [0.29, 0.717) is 6.04 Å². The molecule has 1 aliphatic heterocycles. The van der Waals surface area contributed by atoms with Gasteiger partial charge < -0.3 is 10.2 Å². The van der Waals surface area contributed by atoms with Crippen molar-refractivity contribution in [3.63, 3.8) is 0 Å². The number of fused-ring (bicyclic) bond motifs is 1. The number of anilines is 1. The van der Waals surface area contributed by atoms with Crippen molar-refractivity contribution in [2.75, 3.05) is 24.5 Å². The number of nitrogens with one attached hydrogen (secondary N) is 1. The van der Waals surface area contributed by atoms with Gasteiger partial charge in [0.25, 0.3) is 0 Å². The minimum Gasteiger partial charge on any atom is -0.348 e. The first kappa shape index (κ1) is 14.3. The number of aryl methyl sites for hydroxylation is 1. The highest BCUT2D eigenvalue weighted by atomic mass is 32.1. The van der Waals surface area contributed by atoms with Gasteiger partial charge in [-0.05, 0) is 51.0 Å². The maximum Gasteiger partial charge on any atom is 0.185 e. The summed E-state index contributed by atoms with van der Waals surface area (Å²) in [7, 11) is 0. The minimum atomic E-state index is 0.556. The van der Waals surface area contributed by atoms with Gasteiger partial charge >= 0.3 is 0 Å². The summed E-state index contributed by atoms with van der Waals surface area (Å²) in [6.45, 7) is 8.03. The molecule has 4 heteroatoms. The lowest BCUT2D eigenvalue weighted by molar-refractivity contribution is 0.476. The fourth-order valence-electron chi connectivity index (χ4n) is 3.44. The topological polar surface area (TPSA) is 28.2 Å². The Morgan fingerprint density at radius 2 is 2.15 bits per heavy atom. The largest absolute Gasteiger partial charge is 0.348 e. The monoisotopic (exact) mass is 293 g/mol. The van der Waals surface area contributed by atoms with Gasteiger partial charge in [0.1, 0.15) is 0 Å².